The Balaban J connectivity index is 1.52. The zero-order valence-corrected chi connectivity index (χ0v) is 15.4. The van der Waals surface area contributed by atoms with Gasteiger partial charge in [0.1, 0.15) is 17.1 Å². The van der Waals surface area contributed by atoms with Crippen LogP contribution in [0.1, 0.15) is 37.3 Å². The molecule has 5 rings (SSSR count). The first-order valence-electron chi connectivity index (χ1n) is 9.55. The van der Waals surface area contributed by atoms with Crippen molar-refractivity contribution in [1.29, 1.82) is 0 Å². The van der Waals surface area contributed by atoms with Crippen LogP contribution < -0.4 is 15.4 Å². The van der Waals surface area contributed by atoms with Crippen LogP contribution in [0, 0.1) is 0 Å². The summed E-state index contributed by atoms with van der Waals surface area (Å²) in [6.45, 7) is 1.97. The first kappa shape index (κ1) is 16.4. The van der Waals surface area contributed by atoms with E-state index in [4.69, 9.17) is 14.8 Å². The molecule has 1 unspecified atom stereocenters. The second-order valence-corrected chi connectivity index (χ2v) is 7.24. The van der Waals surface area contributed by atoms with Crippen LogP contribution in [0.2, 0.25) is 0 Å². The molecule has 1 aliphatic carbocycles. The molecule has 2 N–H and O–H groups in total. The molecule has 27 heavy (non-hydrogen) atoms. The maximum Gasteiger partial charge on any atom is 0.223 e. The minimum Gasteiger partial charge on any atom is -0.495 e. The van der Waals surface area contributed by atoms with Crippen molar-refractivity contribution in [3.05, 3.63) is 30.2 Å². The summed E-state index contributed by atoms with van der Waals surface area (Å²) < 4.78 is 7.44. The maximum atomic E-state index is 5.56. The van der Waals surface area contributed by atoms with Crippen molar-refractivity contribution < 1.29 is 4.74 Å². The third kappa shape index (κ3) is 2.99. The van der Waals surface area contributed by atoms with Crippen LogP contribution >= 0.6 is 0 Å². The van der Waals surface area contributed by atoms with Crippen LogP contribution in [0.3, 0.4) is 0 Å². The molecule has 0 radical (unpaired) electrons. The van der Waals surface area contributed by atoms with Gasteiger partial charge in [-0.1, -0.05) is 6.42 Å². The van der Waals surface area contributed by atoms with E-state index in [9.17, 15) is 0 Å². The molecule has 140 valence electrons. The number of hydrogen-bond acceptors (Lipinski definition) is 7. The average molecular weight is 365 g/mol. The Morgan fingerprint density at radius 2 is 2.19 bits per heavy atom. The number of fused-ring (bicyclic) bond motifs is 1. The molecule has 2 aliphatic rings. The molecule has 0 spiro atoms. The van der Waals surface area contributed by atoms with Crippen molar-refractivity contribution in [2.45, 2.75) is 37.6 Å². The number of nitrogens with zero attached hydrogens (tertiary/aromatic N) is 5. The van der Waals surface area contributed by atoms with Crippen molar-refractivity contribution >= 4 is 11.6 Å². The third-order valence-corrected chi connectivity index (χ3v) is 5.51. The average Bonchev–Trinajstić information content (AvgIpc) is 3.29. The Morgan fingerprint density at radius 3 is 2.93 bits per heavy atom. The molecule has 0 bridgehead atoms. The van der Waals surface area contributed by atoms with Crippen molar-refractivity contribution in [1.82, 2.24) is 29.9 Å². The van der Waals surface area contributed by atoms with E-state index in [-0.39, 0.29) is 0 Å². The van der Waals surface area contributed by atoms with Gasteiger partial charge in [0.15, 0.2) is 5.65 Å². The number of imidazole rings is 1. The normalized spacial score (nSPS) is 20.0. The first-order valence-corrected chi connectivity index (χ1v) is 9.55. The minimum absolute atomic E-state index is 0.370. The minimum atomic E-state index is 0.370. The molecule has 1 atom stereocenters. The quantitative estimate of drug-likeness (QED) is 0.717. The lowest BCUT2D eigenvalue weighted by atomic mass is 9.82. The zero-order chi connectivity index (χ0) is 18.2. The Morgan fingerprint density at radius 1 is 1.26 bits per heavy atom. The topological polar surface area (TPSA) is 89.3 Å². The number of methoxy groups -OCH3 is 1. The fourth-order valence-corrected chi connectivity index (χ4v) is 3.75. The summed E-state index contributed by atoms with van der Waals surface area (Å²) in [5, 5.41) is 11.6. The number of aromatic nitrogens is 5. The van der Waals surface area contributed by atoms with Crippen molar-refractivity contribution in [3.8, 4) is 17.1 Å². The molecule has 3 aromatic rings. The van der Waals surface area contributed by atoms with Gasteiger partial charge in [-0.2, -0.15) is 5.10 Å². The van der Waals surface area contributed by atoms with Gasteiger partial charge in [-0.05, 0) is 31.9 Å². The van der Waals surface area contributed by atoms with Crippen molar-refractivity contribution in [2.24, 2.45) is 0 Å². The van der Waals surface area contributed by atoms with Crippen molar-refractivity contribution in [2.75, 3.05) is 25.5 Å². The molecule has 0 aromatic carbocycles. The highest BCUT2D eigenvalue weighted by Gasteiger charge is 2.26. The van der Waals surface area contributed by atoms with Crippen LogP contribution in [-0.4, -0.2) is 50.8 Å². The fraction of sp³-hybridized carbons (Fsp3) is 0.474. The first-order chi connectivity index (χ1) is 13.3. The number of nitrogens with one attached hydrogen (secondary N) is 2. The lowest BCUT2D eigenvalue weighted by molar-refractivity contribution is 0.362. The Bertz CT molecular complexity index is 960. The van der Waals surface area contributed by atoms with Gasteiger partial charge in [-0.15, -0.1) is 0 Å². The van der Waals surface area contributed by atoms with Gasteiger partial charge in [-0.25, -0.2) is 19.5 Å². The van der Waals surface area contributed by atoms with E-state index in [2.05, 4.69) is 20.6 Å². The molecule has 1 aliphatic heterocycles. The molecule has 2 fully saturated rings. The predicted octanol–water partition coefficient (Wildman–Crippen LogP) is 2.24. The van der Waals surface area contributed by atoms with E-state index >= 15 is 0 Å². The van der Waals surface area contributed by atoms with Crippen LogP contribution in [0.5, 0.6) is 5.75 Å². The molecule has 3 aromatic heterocycles. The highest BCUT2D eigenvalue weighted by molar-refractivity contribution is 5.61. The van der Waals surface area contributed by atoms with E-state index in [1.54, 1.807) is 13.3 Å². The lowest BCUT2D eigenvalue weighted by Crippen LogP contribution is -2.23. The Labute approximate surface area is 157 Å². The van der Waals surface area contributed by atoms with Gasteiger partial charge in [-0.3, -0.25) is 0 Å². The number of anilines is 1. The van der Waals surface area contributed by atoms with Gasteiger partial charge < -0.3 is 15.4 Å². The second-order valence-electron chi connectivity index (χ2n) is 7.24. The molecule has 1 saturated carbocycles. The molecule has 4 heterocycles. The van der Waals surface area contributed by atoms with Crippen LogP contribution in [0.25, 0.3) is 17.0 Å². The summed E-state index contributed by atoms with van der Waals surface area (Å²) in [5.74, 6) is 1.93. The molecule has 8 nitrogen and oxygen atoms in total. The summed E-state index contributed by atoms with van der Waals surface area (Å²) in [5.41, 5.74) is 3.45. The Hall–Kier alpha value is -2.74. The number of hydrogen-bond donors (Lipinski definition) is 2. The van der Waals surface area contributed by atoms with E-state index < -0.39 is 0 Å². The van der Waals surface area contributed by atoms with Gasteiger partial charge in [0, 0.05) is 30.8 Å². The summed E-state index contributed by atoms with van der Waals surface area (Å²) in [6.07, 6.45) is 8.25. The largest absolute Gasteiger partial charge is 0.495 e. The van der Waals surface area contributed by atoms with Crippen LogP contribution in [0.15, 0.2) is 24.5 Å². The van der Waals surface area contributed by atoms with Crippen LogP contribution in [0.4, 0.5) is 5.95 Å². The lowest BCUT2D eigenvalue weighted by Gasteiger charge is -2.26. The van der Waals surface area contributed by atoms with E-state index in [1.165, 1.54) is 6.42 Å². The molecular weight excluding hydrogens is 342 g/mol. The summed E-state index contributed by atoms with van der Waals surface area (Å²) in [7, 11) is 1.69. The van der Waals surface area contributed by atoms with Gasteiger partial charge >= 0.3 is 0 Å². The SMILES string of the molecule is COc1cc2ncc(-c3ccnc(NC4CCNC4)n3)n2nc1C1CCC1. The number of rotatable bonds is 5. The molecular formula is C19H23N7O. The predicted molar refractivity (Wildman–Crippen MR) is 102 cm³/mol. The summed E-state index contributed by atoms with van der Waals surface area (Å²) >= 11 is 0. The molecule has 1 saturated heterocycles. The molecule has 8 heteroatoms. The van der Waals surface area contributed by atoms with Crippen molar-refractivity contribution in [3.63, 3.8) is 0 Å². The van der Waals surface area contributed by atoms with E-state index in [0.29, 0.717) is 17.9 Å². The summed E-state index contributed by atoms with van der Waals surface area (Å²) in [6, 6.07) is 4.24. The summed E-state index contributed by atoms with van der Waals surface area (Å²) in [4.78, 5) is 13.6. The highest BCUT2D eigenvalue weighted by atomic mass is 16.5. The van der Waals surface area contributed by atoms with Gasteiger partial charge in [0.05, 0.1) is 19.0 Å². The van der Waals surface area contributed by atoms with E-state index in [0.717, 1.165) is 60.8 Å². The zero-order valence-electron chi connectivity index (χ0n) is 15.4. The third-order valence-electron chi connectivity index (χ3n) is 5.51. The standard InChI is InChI=1S/C19H23N7O/c1-27-16-9-17-22-11-15(26(17)25-18(16)12-3-2-4-12)14-6-8-21-19(24-14)23-13-5-7-20-10-13/h6,8-9,11-13,20H,2-5,7,10H2,1H3,(H,21,23,24). The molecule has 0 amide bonds. The Kier molecular flexibility index (Phi) is 4.12. The van der Waals surface area contributed by atoms with E-state index in [1.807, 2.05) is 22.8 Å². The second kappa shape index (κ2) is 6.77. The van der Waals surface area contributed by atoms with Gasteiger partial charge in [0.25, 0.3) is 0 Å². The smallest absolute Gasteiger partial charge is 0.223 e. The van der Waals surface area contributed by atoms with Crippen LogP contribution in [-0.2, 0) is 0 Å². The fourth-order valence-electron chi connectivity index (χ4n) is 3.75. The number of ether oxygens (including phenoxy) is 1. The van der Waals surface area contributed by atoms with Gasteiger partial charge in [0.2, 0.25) is 5.95 Å². The monoisotopic (exact) mass is 365 g/mol. The highest BCUT2D eigenvalue weighted by Crippen LogP contribution is 2.40. The maximum absolute atomic E-state index is 5.56.